The Kier molecular flexibility index (Phi) is 14.5. The molecule has 0 aliphatic carbocycles. The van der Waals surface area contributed by atoms with Gasteiger partial charge < -0.3 is 46.7 Å². The summed E-state index contributed by atoms with van der Waals surface area (Å²) in [5.41, 5.74) is 4.11. The highest BCUT2D eigenvalue weighted by Gasteiger charge is 2.65. The van der Waals surface area contributed by atoms with E-state index >= 15 is 0 Å². The molecule has 1 unspecified atom stereocenters. The van der Waals surface area contributed by atoms with Crippen LogP contribution in [0.3, 0.4) is 0 Å². The van der Waals surface area contributed by atoms with Crippen molar-refractivity contribution in [2.45, 2.75) is 133 Å². The van der Waals surface area contributed by atoms with Crippen molar-refractivity contribution < 1.29 is 46.7 Å². The van der Waals surface area contributed by atoms with Crippen LogP contribution in [-0.4, -0.2) is 84.2 Å². The van der Waals surface area contributed by atoms with E-state index in [-0.39, 0.29) is 22.8 Å². The van der Waals surface area contributed by atoms with Crippen LogP contribution in [0.5, 0.6) is 0 Å². The number of fused-ring (bicyclic) bond motifs is 1. The number of hydrogen-bond donors (Lipinski definition) is 0. The van der Waals surface area contributed by atoms with Crippen molar-refractivity contribution in [1.29, 1.82) is 0 Å². The van der Waals surface area contributed by atoms with Crippen molar-refractivity contribution in [3.8, 4) is 0 Å². The summed E-state index contributed by atoms with van der Waals surface area (Å²) in [5, 5.41) is -0.442. The summed E-state index contributed by atoms with van der Waals surface area (Å²) >= 11 is 0. The molecule has 0 radical (unpaired) electrons. The van der Waals surface area contributed by atoms with Gasteiger partial charge in [-0.05, 0) is 22.3 Å². The first-order chi connectivity index (χ1) is 28.5. The number of benzene rings is 4. The van der Waals surface area contributed by atoms with Gasteiger partial charge in [-0.1, -0.05) is 163 Å². The van der Waals surface area contributed by atoms with Crippen LogP contribution in [0.4, 0.5) is 0 Å². The van der Waals surface area contributed by atoms with Gasteiger partial charge >= 0.3 is 8.56 Å². The number of hydrogen-bond acceptors (Lipinski definition) is 10. The van der Waals surface area contributed by atoms with Gasteiger partial charge in [-0.15, -0.1) is 0 Å². The van der Waals surface area contributed by atoms with Crippen molar-refractivity contribution in [3.05, 3.63) is 144 Å². The van der Waals surface area contributed by atoms with Gasteiger partial charge in [-0.2, -0.15) is 0 Å². The standard InChI is InChI=1S/C48H62O10Si/c1-47(2,3)59(48(4,5)6)55-33-39-41(58-59)43(52-30-36-24-16-10-17-25-36)46(57-39)54-32-38-40(50-28-34-20-12-8-13-21-34)42(51-29-35-22-14-9-15-23-35)44(45(49-7)56-38)53-31-37-26-18-11-19-27-37/h8-27,38-46H,28-33H2,1-7H3/t38-,39-,40-,41-,42+,43+,44-,45+,46?/m1/s1. The Balaban J connectivity index is 1.17. The molecule has 0 bridgehead atoms. The second kappa shape index (κ2) is 19.6. The molecule has 3 heterocycles. The van der Waals surface area contributed by atoms with Crippen LogP contribution in [0, 0.1) is 0 Å². The third kappa shape index (κ3) is 10.4. The second-order valence-corrected chi connectivity index (χ2v) is 22.5. The largest absolute Gasteiger partial charge is 0.391 e. The molecule has 3 aliphatic heterocycles. The summed E-state index contributed by atoms with van der Waals surface area (Å²) in [6, 6.07) is 40.3. The fraction of sp³-hybridized carbons (Fsp3) is 0.500. The number of methoxy groups -OCH3 is 1. The van der Waals surface area contributed by atoms with E-state index < -0.39 is 57.8 Å². The SMILES string of the molecule is CO[C@H]1O[C@H](COC2O[C@@H]3CO[Si](C(C)(C)C)(C(C)(C)C)O[C@H]3[C@@H]2OCc2ccccc2)[C@@H](OCc2ccccc2)[C@H](OCc2ccccc2)[C@H]1OCc1ccccc1. The van der Waals surface area contributed by atoms with Gasteiger partial charge in [0.15, 0.2) is 12.6 Å². The predicted molar refractivity (Wildman–Crippen MR) is 226 cm³/mol. The molecule has 0 aromatic heterocycles. The zero-order valence-corrected chi connectivity index (χ0v) is 36.6. The van der Waals surface area contributed by atoms with Crippen LogP contribution in [-0.2, 0) is 73.2 Å². The summed E-state index contributed by atoms with van der Waals surface area (Å²) < 4.78 is 67.4. The van der Waals surface area contributed by atoms with Crippen molar-refractivity contribution in [2.75, 3.05) is 20.3 Å². The third-order valence-electron chi connectivity index (χ3n) is 11.4. The van der Waals surface area contributed by atoms with Gasteiger partial charge in [0.1, 0.15) is 42.7 Å². The molecular weight excluding hydrogens is 765 g/mol. The van der Waals surface area contributed by atoms with Crippen LogP contribution in [0.1, 0.15) is 63.8 Å². The highest BCUT2D eigenvalue weighted by Crippen LogP contribution is 2.55. The second-order valence-electron chi connectivity index (χ2n) is 17.7. The average Bonchev–Trinajstić information content (AvgIpc) is 3.59. The monoisotopic (exact) mass is 826 g/mol. The van der Waals surface area contributed by atoms with Crippen LogP contribution < -0.4 is 0 Å². The quantitative estimate of drug-likeness (QED) is 0.102. The Hall–Kier alpha value is -3.30. The summed E-state index contributed by atoms with van der Waals surface area (Å²) in [6.45, 7) is 15.1. The maximum atomic E-state index is 7.24. The van der Waals surface area contributed by atoms with Gasteiger partial charge in [0.25, 0.3) is 0 Å². The Bertz CT molecular complexity index is 1820. The van der Waals surface area contributed by atoms with Crippen LogP contribution in [0.2, 0.25) is 10.1 Å². The molecule has 0 N–H and O–H groups in total. The van der Waals surface area contributed by atoms with Crippen LogP contribution >= 0.6 is 0 Å². The molecule has 7 rings (SSSR count). The molecule has 11 heteroatoms. The Morgan fingerprint density at radius 1 is 0.508 bits per heavy atom. The van der Waals surface area contributed by atoms with Gasteiger partial charge in [0, 0.05) is 17.2 Å². The molecule has 4 aromatic carbocycles. The summed E-state index contributed by atoms with van der Waals surface area (Å²) in [4.78, 5) is 0. The zero-order valence-electron chi connectivity index (χ0n) is 35.6. The highest BCUT2D eigenvalue weighted by molar-refractivity contribution is 6.73. The molecule has 3 aliphatic rings. The maximum Gasteiger partial charge on any atom is 0.349 e. The average molecular weight is 827 g/mol. The van der Waals surface area contributed by atoms with E-state index in [1.165, 1.54) is 0 Å². The Labute approximate surface area is 351 Å². The Morgan fingerprint density at radius 2 is 0.932 bits per heavy atom. The van der Waals surface area contributed by atoms with Crippen molar-refractivity contribution >= 4 is 8.56 Å². The minimum atomic E-state index is -2.87. The number of ether oxygens (including phenoxy) is 8. The Morgan fingerprint density at radius 3 is 1.37 bits per heavy atom. The molecule has 0 saturated carbocycles. The molecule has 0 amide bonds. The molecule has 0 spiro atoms. The normalized spacial score (nSPS) is 28.3. The van der Waals surface area contributed by atoms with E-state index in [4.69, 9.17) is 46.7 Å². The van der Waals surface area contributed by atoms with E-state index in [0.29, 0.717) is 33.0 Å². The van der Waals surface area contributed by atoms with Gasteiger partial charge in [-0.3, -0.25) is 0 Å². The van der Waals surface area contributed by atoms with E-state index in [9.17, 15) is 0 Å². The highest BCUT2D eigenvalue weighted by atomic mass is 28.4. The molecule has 9 atom stereocenters. The lowest BCUT2D eigenvalue weighted by Crippen LogP contribution is -2.65. The van der Waals surface area contributed by atoms with E-state index in [2.05, 4.69) is 53.7 Å². The van der Waals surface area contributed by atoms with Gasteiger partial charge in [0.2, 0.25) is 0 Å². The number of rotatable bonds is 16. The van der Waals surface area contributed by atoms with Crippen LogP contribution in [0.15, 0.2) is 121 Å². The van der Waals surface area contributed by atoms with E-state index in [1.807, 2.05) is 109 Å². The fourth-order valence-electron chi connectivity index (χ4n) is 8.64. The van der Waals surface area contributed by atoms with Crippen molar-refractivity contribution in [1.82, 2.24) is 0 Å². The first-order valence-electron chi connectivity index (χ1n) is 20.8. The molecule has 3 saturated heterocycles. The van der Waals surface area contributed by atoms with E-state index in [0.717, 1.165) is 22.3 Å². The zero-order chi connectivity index (χ0) is 41.5. The molecule has 59 heavy (non-hydrogen) atoms. The predicted octanol–water partition coefficient (Wildman–Crippen LogP) is 8.90. The van der Waals surface area contributed by atoms with Gasteiger partial charge in [0.05, 0.1) is 39.6 Å². The smallest absolute Gasteiger partial charge is 0.349 e. The lowest BCUT2D eigenvalue weighted by molar-refractivity contribution is -0.328. The molecule has 10 nitrogen and oxygen atoms in total. The molecule has 3 fully saturated rings. The lowest BCUT2D eigenvalue weighted by atomic mass is 9.97. The first kappa shape index (κ1) is 43.8. The fourth-order valence-corrected chi connectivity index (χ4v) is 13.6. The van der Waals surface area contributed by atoms with Crippen molar-refractivity contribution in [2.24, 2.45) is 0 Å². The minimum absolute atomic E-state index is 0.0905. The van der Waals surface area contributed by atoms with Gasteiger partial charge in [-0.25, -0.2) is 0 Å². The summed E-state index contributed by atoms with van der Waals surface area (Å²) in [7, 11) is -1.25. The van der Waals surface area contributed by atoms with E-state index in [1.54, 1.807) is 7.11 Å². The van der Waals surface area contributed by atoms with Crippen LogP contribution in [0.25, 0.3) is 0 Å². The summed E-state index contributed by atoms with van der Waals surface area (Å²) in [5.74, 6) is 0. The molecule has 318 valence electrons. The lowest BCUT2D eigenvalue weighted by Gasteiger charge is -2.53. The third-order valence-corrected chi connectivity index (χ3v) is 16.5. The minimum Gasteiger partial charge on any atom is -0.391 e. The van der Waals surface area contributed by atoms with Crippen molar-refractivity contribution in [3.63, 3.8) is 0 Å². The summed E-state index contributed by atoms with van der Waals surface area (Å²) in [6.07, 6.45) is -5.39. The maximum absolute atomic E-state index is 7.24. The molecule has 4 aromatic rings. The molecular formula is C48H62O10Si. The first-order valence-corrected chi connectivity index (χ1v) is 22.7. The topological polar surface area (TPSA) is 92.3 Å².